The number of carbonyl (C=O) groups excluding carboxylic acids is 1. The minimum Gasteiger partial charge on any atom is -0.309 e. The van der Waals surface area contributed by atoms with Gasteiger partial charge in [0.25, 0.3) is 5.91 Å². The van der Waals surface area contributed by atoms with Gasteiger partial charge in [0.05, 0.1) is 4.70 Å². The molecule has 1 aromatic heterocycles. The molecule has 2 aromatic carbocycles. The second-order valence-electron chi connectivity index (χ2n) is 6.81. The van der Waals surface area contributed by atoms with Crippen LogP contribution in [0, 0.1) is 11.6 Å². The van der Waals surface area contributed by atoms with E-state index in [4.69, 9.17) is 0 Å². The summed E-state index contributed by atoms with van der Waals surface area (Å²) in [5, 5.41) is 0.377. The number of carbonyl (C=O) groups is 1. The van der Waals surface area contributed by atoms with Crippen molar-refractivity contribution in [3.8, 4) is 0 Å². The van der Waals surface area contributed by atoms with E-state index in [1.165, 1.54) is 6.07 Å². The minimum atomic E-state index is -0.718. The highest BCUT2D eigenvalue weighted by molar-refractivity contribution is 7.99. The van der Waals surface area contributed by atoms with E-state index in [2.05, 4.69) is 11.9 Å². The number of anilines is 1. The smallest absolute Gasteiger partial charge is 0.260 e. The molecule has 0 aliphatic carbocycles. The van der Waals surface area contributed by atoms with Crippen molar-refractivity contribution >= 4 is 44.4 Å². The topological polar surface area (TPSA) is 36.4 Å². The number of halogens is 2. The van der Waals surface area contributed by atoms with Gasteiger partial charge in [-0.15, -0.1) is 11.8 Å². The van der Waals surface area contributed by atoms with E-state index < -0.39 is 11.6 Å². The van der Waals surface area contributed by atoms with Crippen LogP contribution in [0.25, 0.3) is 10.2 Å². The van der Waals surface area contributed by atoms with E-state index in [1.807, 2.05) is 37.2 Å². The van der Waals surface area contributed by atoms with Gasteiger partial charge < -0.3 is 4.90 Å². The van der Waals surface area contributed by atoms with Crippen molar-refractivity contribution in [2.75, 3.05) is 37.8 Å². The minimum absolute atomic E-state index is 0.0899. The molecule has 0 aliphatic rings. The first-order chi connectivity index (χ1) is 13.9. The Hall–Kier alpha value is -2.03. The van der Waals surface area contributed by atoms with Crippen LogP contribution in [0.2, 0.25) is 0 Å². The Kier molecular flexibility index (Phi) is 7.21. The van der Waals surface area contributed by atoms with Crippen molar-refractivity contribution in [2.24, 2.45) is 0 Å². The maximum absolute atomic E-state index is 14.1. The van der Waals surface area contributed by atoms with Gasteiger partial charge in [0, 0.05) is 23.1 Å². The predicted octanol–water partition coefficient (Wildman–Crippen LogP) is 5.29. The van der Waals surface area contributed by atoms with Gasteiger partial charge in [0.2, 0.25) is 0 Å². The number of hydrogen-bond acceptors (Lipinski definition) is 5. The lowest BCUT2D eigenvalue weighted by Crippen LogP contribution is -2.33. The summed E-state index contributed by atoms with van der Waals surface area (Å²) >= 11 is 2.79. The average molecular weight is 436 g/mol. The summed E-state index contributed by atoms with van der Waals surface area (Å²) in [5.41, 5.74) is 0.645. The van der Waals surface area contributed by atoms with Gasteiger partial charge in [-0.05, 0) is 57.1 Å². The highest BCUT2D eigenvalue weighted by atomic mass is 32.2. The predicted molar refractivity (Wildman–Crippen MR) is 117 cm³/mol. The van der Waals surface area contributed by atoms with E-state index in [0.29, 0.717) is 21.9 Å². The SMILES string of the molecule is CCSc1cccc(C(=O)N(CCCN(C)C)c2nc3c(F)cc(F)cc3s2)c1. The zero-order valence-electron chi connectivity index (χ0n) is 16.6. The number of thioether (sulfide) groups is 1. The van der Waals surface area contributed by atoms with Crippen molar-refractivity contribution in [3.05, 3.63) is 53.6 Å². The first-order valence-electron chi connectivity index (χ1n) is 9.34. The Morgan fingerprint density at radius 1 is 1.17 bits per heavy atom. The Bertz CT molecular complexity index is 1010. The molecule has 0 spiro atoms. The molecule has 1 heterocycles. The highest BCUT2D eigenvalue weighted by Crippen LogP contribution is 2.32. The van der Waals surface area contributed by atoms with E-state index >= 15 is 0 Å². The van der Waals surface area contributed by atoms with E-state index in [9.17, 15) is 13.6 Å². The first-order valence-corrected chi connectivity index (χ1v) is 11.1. The van der Waals surface area contributed by atoms with Crippen molar-refractivity contribution in [2.45, 2.75) is 18.2 Å². The van der Waals surface area contributed by atoms with Gasteiger partial charge in [-0.2, -0.15) is 0 Å². The second kappa shape index (κ2) is 9.65. The number of amides is 1. The summed E-state index contributed by atoms with van der Waals surface area (Å²) in [4.78, 5) is 22.3. The molecular formula is C21H23F2N3OS2. The molecular weight excluding hydrogens is 412 g/mol. The Balaban J connectivity index is 1.97. The van der Waals surface area contributed by atoms with Gasteiger partial charge in [0.1, 0.15) is 11.3 Å². The summed E-state index contributed by atoms with van der Waals surface area (Å²) in [6, 6.07) is 9.53. The molecule has 0 bridgehead atoms. The van der Waals surface area contributed by atoms with Crippen molar-refractivity contribution in [1.82, 2.24) is 9.88 Å². The molecule has 3 aromatic rings. The Morgan fingerprint density at radius 2 is 1.97 bits per heavy atom. The molecule has 0 saturated carbocycles. The van der Waals surface area contributed by atoms with Crippen LogP contribution in [0.3, 0.4) is 0 Å². The second-order valence-corrected chi connectivity index (χ2v) is 9.15. The first kappa shape index (κ1) is 21.7. The number of rotatable bonds is 8. The third-order valence-corrected chi connectivity index (χ3v) is 6.16. The molecule has 0 radical (unpaired) electrons. The fourth-order valence-corrected chi connectivity index (χ4v) is 4.68. The van der Waals surface area contributed by atoms with E-state index in [1.54, 1.807) is 22.7 Å². The summed E-state index contributed by atoms with van der Waals surface area (Å²) in [5.74, 6) is -0.654. The van der Waals surface area contributed by atoms with Crippen LogP contribution in [0.1, 0.15) is 23.7 Å². The summed E-state index contributed by atoms with van der Waals surface area (Å²) < 4.78 is 28.1. The van der Waals surface area contributed by atoms with Crippen LogP contribution in [0.4, 0.5) is 13.9 Å². The standard InChI is InChI=1S/C21H23F2N3OS2/c1-4-28-16-8-5-7-14(11-16)20(27)26(10-6-9-25(2)3)21-24-19-17(23)12-15(22)13-18(19)29-21/h5,7-8,11-13H,4,6,9-10H2,1-3H3. The monoisotopic (exact) mass is 435 g/mol. The molecule has 0 fully saturated rings. The lowest BCUT2D eigenvalue weighted by Gasteiger charge is -2.21. The molecule has 0 saturated heterocycles. The summed E-state index contributed by atoms with van der Waals surface area (Å²) in [7, 11) is 3.93. The zero-order chi connectivity index (χ0) is 21.0. The molecule has 3 rings (SSSR count). The van der Waals surface area contributed by atoms with Gasteiger partial charge in [0.15, 0.2) is 10.9 Å². The van der Waals surface area contributed by atoms with Gasteiger partial charge in [-0.3, -0.25) is 9.69 Å². The molecule has 8 heteroatoms. The molecule has 29 heavy (non-hydrogen) atoms. The molecule has 4 nitrogen and oxygen atoms in total. The normalized spacial score (nSPS) is 11.4. The fraction of sp³-hybridized carbons (Fsp3) is 0.333. The van der Waals surface area contributed by atoms with E-state index in [-0.39, 0.29) is 11.4 Å². The summed E-state index contributed by atoms with van der Waals surface area (Å²) in [6.45, 7) is 3.29. The van der Waals surface area contributed by atoms with Crippen LogP contribution >= 0.6 is 23.1 Å². The molecule has 0 N–H and O–H groups in total. The molecule has 0 unspecified atom stereocenters. The van der Waals surface area contributed by atoms with Crippen LogP contribution in [0.15, 0.2) is 41.3 Å². The highest BCUT2D eigenvalue weighted by Gasteiger charge is 2.22. The fourth-order valence-electron chi connectivity index (χ4n) is 2.93. The number of benzene rings is 2. The maximum atomic E-state index is 14.1. The van der Waals surface area contributed by atoms with E-state index in [0.717, 1.165) is 41.0 Å². The summed E-state index contributed by atoms with van der Waals surface area (Å²) in [6.07, 6.45) is 0.731. The molecule has 154 valence electrons. The number of aromatic nitrogens is 1. The van der Waals surface area contributed by atoms with Gasteiger partial charge in [-0.25, -0.2) is 13.8 Å². The Labute approximate surface area is 177 Å². The number of thiazole rings is 1. The Morgan fingerprint density at radius 3 is 2.69 bits per heavy atom. The third-order valence-electron chi connectivity index (χ3n) is 4.26. The number of nitrogens with zero attached hydrogens (tertiary/aromatic N) is 3. The number of hydrogen-bond donors (Lipinski definition) is 0. The van der Waals surface area contributed by atoms with Crippen LogP contribution < -0.4 is 4.90 Å². The van der Waals surface area contributed by atoms with Crippen LogP contribution in [-0.2, 0) is 0 Å². The molecule has 0 atom stereocenters. The van der Waals surface area contributed by atoms with Crippen molar-refractivity contribution < 1.29 is 13.6 Å². The molecule has 1 amide bonds. The quantitative estimate of drug-likeness (QED) is 0.451. The van der Waals surface area contributed by atoms with Gasteiger partial charge in [-0.1, -0.05) is 24.3 Å². The number of fused-ring (bicyclic) bond motifs is 1. The third kappa shape index (κ3) is 5.32. The van der Waals surface area contributed by atoms with Crippen molar-refractivity contribution in [1.29, 1.82) is 0 Å². The van der Waals surface area contributed by atoms with Gasteiger partial charge >= 0.3 is 0 Å². The van der Waals surface area contributed by atoms with Crippen LogP contribution in [-0.4, -0.2) is 48.7 Å². The van der Waals surface area contributed by atoms with Crippen LogP contribution in [0.5, 0.6) is 0 Å². The maximum Gasteiger partial charge on any atom is 0.260 e. The zero-order valence-corrected chi connectivity index (χ0v) is 18.2. The lowest BCUT2D eigenvalue weighted by atomic mass is 10.2. The largest absolute Gasteiger partial charge is 0.309 e. The average Bonchev–Trinajstić information content (AvgIpc) is 3.09. The lowest BCUT2D eigenvalue weighted by molar-refractivity contribution is 0.0986. The van der Waals surface area contributed by atoms with Crippen molar-refractivity contribution in [3.63, 3.8) is 0 Å². The molecule has 0 aliphatic heterocycles.